The van der Waals surface area contributed by atoms with Gasteiger partial charge in [-0.1, -0.05) is 48.5 Å². The first-order valence-corrected chi connectivity index (χ1v) is 8.06. The molecule has 7 heteroatoms. The zero-order chi connectivity index (χ0) is 19.3. The van der Waals surface area contributed by atoms with Crippen molar-refractivity contribution in [3.63, 3.8) is 0 Å². The molecule has 27 heavy (non-hydrogen) atoms. The number of halogens is 3. The second-order valence-electron chi connectivity index (χ2n) is 5.70. The van der Waals surface area contributed by atoms with Crippen LogP contribution in [0.3, 0.4) is 0 Å². The topological polar surface area (TPSA) is 54.6 Å². The number of nitrogens with one attached hydrogen (secondary N) is 1. The third-order valence-corrected chi connectivity index (χ3v) is 3.71. The van der Waals surface area contributed by atoms with Crippen LogP contribution in [0.15, 0.2) is 76.2 Å². The number of hydrogen-bond acceptors (Lipinski definition) is 3. The van der Waals surface area contributed by atoms with Gasteiger partial charge in [-0.05, 0) is 23.8 Å². The minimum atomic E-state index is -4.48. The summed E-state index contributed by atoms with van der Waals surface area (Å²) < 4.78 is 44.7. The Morgan fingerprint density at radius 1 is 1.00 bits per heavy atom. The molecule has 0 atom stereocenters. The van der Waals surface area contributed by atoms with Gasteiger partial charge in [0.2, 0.25) is 5.91 Å². The van der Waals surface area contributed by atoms with E-state index in [1.807, 2.05) is 30.3 Å². The van der Waals surface area contributed by atoms with Gasteiger partial charge in [-0.25, -0.2) is 5.43 Å². The fourth-order valence-electron chi connectivity index (χ4n) is 2.50. The first kappa shape index (κ1) is 18.4. The molecule has 1 aromatic heterocycles. The summed E-state index contributed by atoms with van der Waals surface area (Å²) in [6.45, 7) is 0. The lowest BCUT2D eigenvalue weighted by atomic mass is 10.1. The minimum Gasteiger partial charge on any atom is -0.455 e. The first-order chi connectivity index (χ1) is 12.9. The molecule has 0 aliphatic carbocycles. The molecule has 0 unspecified atom stereocenters. The van der Waals surface area contributed by atoms with Crippen molar-refractivity contribution in [1.82, 2.24) is 5.43 Å². The van der Waals surface area contributed by atoms with Crippen molar-refractivity contribution in [3.8, 4) is 11.3 Å². The van der Waals surface area contributed by atoms with Gasteiger partial charge in [0.15, 0.2) is 0 Å². The predicted octanol–water partition coefficient (Wildman–Crippen LogP) is 4.66. The molecule has 1 N–H and O–H groups in total. The van der Waals surface area contributed by atoms with Gasteiger partial charge in [-0.3, -0.25) is 4.79 Å². The van der Waals surface area contributed by atoms with Crippen LogP contribution in [0.4, 0.5) is 13.2 Å². The Kier molecular flexibility index (Phi) is 5.40. The standard InChI is InChI=1S/C20H15F3N2O2/c21-20(22,23)17-9-5-4-8-16(17)18-11-10-15(27-18)13-24-25-19(26)12-14-6-2-1-3-7-14/h1-11,13H,12H2,(H,25,26)/b24-13-. The molecule has 0 aliphatic heterocycles. The van der Waals surface area contributed by atoms with E-state index < -0.39 is 11.7 Å². The summed E-state index contributed by atoms with van der Waals surface area (Å²) in [5.41, 5.74) is 2.36. The van der Waals surface area contributed by atoms with Crippen LogP contribution in [0.1, 0.15) is 16.9 Å². The third-order valence-electron chi connectivity index (χ3n) is 3.71. The van der Waals surface area contributed by atoms with Crippen molar-refractivity contribution in [2.45, 2.75) is 12.6 Å². The molecule has 4 nitrogen and oxygen atoms in total. The van der Waals surface area contributed by atoms with E-state index in [1.165, 1.54) is 36.5 Å². The summed E-state index contributed by atoms with van der Waals surface area (Å²) >= 11 is 0. The van der Waals surface area contributed by atoms with Crippen molar-refractivity contribution < 1.29 is 22.4 Å². The largest absolute Gasteiger partial charge is 0.455 e. The molecule has 1 amide bonds. The molecule has 0 fully saturated rings. The molecule has 0 spiro atoms. The monoisotopic (exact) mass is 372 g/mol. The van der Waals surface area contributed by atoms with Crippen LogP contribution in [0.2, 0.25) is 0 Å². The number of benzene rings is 2. The van der Waals surface area contributed by atoms with E-state index in [-0.39, 0.29) is 29.4 Å². The van der Waals surface area contributed by atoms with Gasteiger partial charge >= 0.3 is 6.18 Å². The van der Waals surface area contributed by atoms with Crippen LogP contribution in [-0.4, -0.2) is 12.1 Å². The summed E-state index contributed by atoms with van der Waals surface area (Å²) in [6.07, 6.45) is -3.08. The maximum Gasteiger partial charge on any atom is 0.417 e. The second kappa shape index (κ2) is 7.90. The van der Waals surface area contributed by atoms with Crippen molar-refractivity contribution >= 4 is 12.1 Å². The number of carbonyl (C=O) groups excluding carboxylic acids is 1. The lowest BCUT2D eigenvalue weighted by molar-refractivity contribution is -0.137. The Morgan fingerprint density at radius 3 is 2.44 bits per heavy atom. The summed E-state index contributed by atoms with van der Waals surface area (Å²) in [7, 11) is 0. The summed E-state index contributed by atoms with van der Waals surface area (Å²) in [5.74, 6) is -0.0198. The van der Waals surface area contributed by atoms with Crippen molar-refractivity contribution in [1.29, 1.82) is 0 Å². The van der Waals surface area contributed by atoms with Crippen molar-refractivity contribution in [3.05, 3.63) is 83.6 Å². The molecule has 0 bridgehead atoms. The molecule has 0 radical (unpaired) electrons. The lowest BCUT2D eigenvalue weighted by Gasteiger charge is -2.10. The fourth-order valence-corrected chi connectivity index (χ4v) is 2.50. The van der Waals surface area contributed by atoms with E-state index >= 15 is 0 Å². The Morgan fingerprint density at radius 2 is 1.70 bits per heavy atom. The van der Waals surface area contributed by atoms with E-state index in [0.29, 0.717) is 0 Å². The van der Waals surface area contributed by atoms with Gasteiger partial charge in [-0.2, -0.15) is 18.3 Å². The summed E-state index contributed by atoms with van der Waals surface area (Å²) in [6, 6.07) is 17.2. The Labute approximate surface area is 153 Å². The van der Waals surface area contributed by atoms with Crippen LogP contribution >= 0.6 is 0 Å². The number of hydrogen-bond donors (Lipinski definition) is 1. The van der Waals surface area contributed by atoms with Gasteiger partial charge in [0, 0.05) is 5.56 Å². The highest BCUT2D eigenvalue weighted by Crippen LogP contribution is 2.37. The zero-order valence-electron chi connectivity index (χ0n) is 14.0. The number of nitrogens with zero attached hydrogens (tertiary/aromatic N) is 1. The second-order valence-corrected chi connectivity index (χ2v) is 5.70. The molecule has 3 aromatic rings. The lowest BCUT2D eigenvalue weighted by Crippen LogP contribution is -2.19. The Hall–Kier alpha value is -3.35. The molecule has 2 aromatic carbocycles. The van der Waals surface area contributed by atoms with Gasteiger partial charge < -0.3 is 4.42 Å². The fraction of sp³-hybridized carbons (Fsp3) is 0.100. The van der Waals surface area contributed by atoms with E-state index in [0.717, 1.165) is 11.6 Å². The number of alkyl halides is 3. The van der Waals surface area contributed by atoms with Gasteiger partial charge in [0.25, 0.3) is 0 Å². The van der Waals surface area contributed by atoms with Gasteiger partial charge in [0.1, 0.15) is 11.5 Å². The molecular weight excluding hydrogens is 357 g/mol. The van der Waals surface area contributed by atoms with Crippen molar-refractivity contribution in [2.75, 3.05) is 0 Å². The SMILES string of the molecule is O=C(Cc1ccccc1)N/N=C\c1ccc(-c2ccccc2C(F)(F)F)o1. The van der Waals surface area contributed by atoms with Crippen LogP contribution in [0.5, 0.6) is 0 Å². The average molecular weight is 372 g/mol. The van der Waals surface area contributed by atoms with Gasteiger partial charge in [-0.15, -0.1) is 0 Å². The van der Waals surface area contributed by atoms with Crippen LogP contribution in [-0.2, 0) is 17.4 Å². The average Bonchev–Trinajstić information content (AvgIpc) is 3.11. The smallest absolute Gasteiger partial charge is 0.417 e. The van der Waals surface area contributed by atoms with E-state index in [4.69, 9.17) is 4.42 Å². The zero-order valence-corrected chi connectivity index (χ0v) is 14.0. The molecular formula is C20H15F3N2O2. The van der Waals surface area contributed by atoms with E-state index in [9.17, 15) is 18.0 Å². The first-order valence-electron chi connectivity index (χ1n) is 8.06. The van der Waals surface area contributed by atoms with Crippen LogP contribution in [0, 0.1) is 0 Å². The summed E-state index contributed by atoms with van der Waals surface area (Å²) in [5, 5.41) is 3.78. The maximum absolute atomic E-state index is 13.1. The normalized spacial score (nSPS) is 11.7. The molecule has 0 saturated carbocycles. The van der Waals surface area contributed by atoms with Gasteiger partial charge in [0.05, 0.1) is 18.2 Å². The molecule has 0 saturated heterocycles. The highest BCUT2D eigenvalue weighted by atomic mass is 19.4. The third kappa shape index (κ3) is 4.84. The molecule has 3 rings (SSSR count). The number of furan rings is 1. The van der Waals surface area contributed by atoms with E-state index in [2.05, 4.69) is 10.5 Å². The van der Waals surface area contributed by atoms with Crippen molar-refractivity contribution in [2.24, 2.45) is 5.10 Å². The molecule has 138 valence electrons. The Bertz CT molecular complexity index is 947. The number of rotatable bonds is 5. The highest BCUT2D eigenvalue weighted by molar-refractivity contribution is 5.82. The number of amides is 1. The molecule has 0 aliphatic rings. The number of carbonyl (C=O) groups is 1. The number of hydrazone groups is 1. The molecule has 1 heterocycles. The minimum absolute atomic E-state index is 0.0576. The van der Waals surface area contributed by atoms with E-state index in [1.54, 1.807) is 0 Å². The Balaban J connectivity index is 1.67. The van der Waals surface area contributed by atoms with Crippen LogP contribution in [0.25, 0.3) is 11.3 Å². The van der Waals surface area contributed by atoms with Crippen LogP contribution < -0.4 is 5.43 Å². The highest BCUT2D eigenvalue weighted by Gasteiger charge is 2.34. The summed E-state index contributed by atoms with van der Waals surface area (Å²) in [4.78, 5) is 11.8. The maximum atomic E-state index is 13.1. The quantitative estimate of drug-likeness (QED) is 0.523. The predicted molar refractivity (Wildman–Crippen MR) is 95.0 cm³/mol.